The van der Waals surface area contributed by atoms with E-state index in [4.69, 9.17) is 0 Å². The van der Waals surface area contributed by atoms with Gasteiger partial charge >= 0.3 is 6.03 Å². The van der Waals surface area contributed by atoms with Gasteiger partial charge in [-0.3, -0.25) is 14.5 Å². The summed E-state index contributed by atoms with van der Waals surface area (Å²) in [5, 5.41) is 5.75. The van der Waals surface area contributed by atoms with E-state index < -0.39 is 11.6 Å². The first-order valence-corrected chi connectivity index (χ1v) is 8.44. The quantitative estimate of drug-likeness (QED) is 0.611. The second-order valence-electron chi connectivity index (χ2n) is 7.05. The van der Waals surface area contributed by atoms with Crippen molar-refractivity contribution in [3.05, 3.63) is 0 Å². The SMILES string of the molecule is C[C@]1(C2CC2)NC(=O)N(CC(=O)NC2CCCCCC2)C1=O. The van der Waals surface area contributed by atoms with Crippen molar-refractivity contribution in [2.45, 2.75) is 69.9 Å². The van der Waals surface area contributed by atoms with Crippen molar-refractivity contribution >= 4 is 17.8 Å². The highest BCUT2D eigenvalue weighted by molar-refractivity contribution is 6.09. The fourth-order valence-corrected chi connectivity index (χ4v) is 3.64. The Morgan fingerprint density at radius 3 is 2.41 bits per heavy atom. The summed E-state index contributed by atoms with van der Waals surface area (Å²) in [4.78, 5) is 37.7. The van der Waals surface area contributed by atoms with E-state index in [0.29, 0.717) is 0 Å². The second-order valence-corrected chi connectivity index (χ2v) is 7.05. The summed E-state index contributed by atoms with van der Waals surface area (Å²) in [6.45, 7) is 1.61. The van der Waals surface area contributed by atoms with Gasteiger partial charge in [0.25, 0.3) is 5.91 Å². The highest BCUT2D eigenvalue weighted by Crippen LogP contribution is 2.42. The van der Waals surface area contributed by atoms with Gasteiger partial charge < -0.3 is 10.6 Å². The summed E-state index contributed by atoms with van der Waals surface area (Å²) >= 11 is 0. The molecule has 1 saturated heterocycles. The smallest absolute Gasteiger partial charge is 0.325 e. The molecule has 3 rings (SSSR count). The summed E-state index contributed by atoms with van der Waals surface area (Å²) in [5.41, 5.74) is -0.806. The predicted molar refractivity (Wildman–Crippen MR) is 81.0 cm³/mol. The van der Waals surface area contributed by atoms with Crippen LogP contribution < -0.4 is 10.6 Å². The minimum Gasteiger partial charge on any atom is -0.352 e. The molecule has 0 radical (unpaired) electrons. The molecule has 0 unspecified atom stereocenters. The Morgan fingerprint density at radius 2 is 1.82 bits per heavy atom. The molecule has 0 aromatic heterocycles. The van der Waals surface area contributed by atoms with Gasteiger partial charge in [0.1, 0.15) is 12.1 Å². The molecule has 1 aliphatic heterocycles. The number of nitrogens with one attached hydrogen (secondary N) is 2. The molecule has 6 nitrogen and oxygen atoms in total. The first-order chi connectivity index (χ1) is 10.5. The summed E-state index contributed by atoms with van der Waals surface area (Å²) in [6, 6.07) is -0.249. The Labute approximate surface area is 131 Å². The Kier molecular flexibility index (Phi) is 4.10. The number of rotatable bonds is 4. The summed E-state index contributed by atoms with van der Waals surface area (Å²) in [6.07, 6.45) is 8.62. The average molecular weight is 307 g/mol. The number of carbonyl (C=O) groups excluding carboxylic acids is 3. The van der Waals surface area contributed by atoms with Gasteiger partial charge in [-0.05, 0) is 38.5 Å². The number of imide groups is 1. The zero-order valence-electron chi connectivity index (χ0n) is 13.2. The summed E-state index contributed by atoms with van der Waals surface area (Å²) in [5.74, 6) is -0.259. The van der Waals surface area contributed by atoms with E-state index in [2.05, 4.69) is 10.6 Å². The Balaban J connectivity index is 1.56. The number of hydrogen-bond donors (Lipinski definition) is 2. The zero-order valence-corrected chi connectivity index (χ0v) is 13.2. The normalized spacial score (nSPS) is 30.1. The second kappa shape index (κ2) is 5.89. The highest BCUT2D eigenvalue weighted by atomic mass is 16.2. The van der Waals surface area contributed by atoms with E-state index in [-0.39, 0.29) is 30.3 Å². The van der Waals surface area contributed by atoms with E-state index in [9.17, 15) is 14.4 Å². The van der Waals surface area contributed by atoms with Crippen LogP contribution in [-0.2, 0) is 9.59 Å². The number of amides is 4. The lowest BCUT2D eigenvalue weighted by Crippen LogP contribution is -2.47. The monoisotopic (exact) mass is 307 g/mol. The topological polar surface area (TPSA) is 78.5 Å². The Bertz CT molecular complexity index is 481. The van der Waals surface area contributed by atoms with E-state index >= 15 is 0 Å². The molecule has 122 valence electrons. The van der Waals surface area contributed by atoms with Crippen molar-refractivity contribution in [1.29, 1.82) is 0 Å². The average Bonchev–Trinajstić information content (AvgIpc) is 3.28. The number of hydrogen-bond acceptors (Lipinski definition) is 3. The van der Waals surface area contributed by atoms with Crippen LogP contribution >= 0.6 is 0 Å². The van der Waals surface area contributed by atoms with Crippen LogP contribution in [0, 0.1) is 5.92 Å². The van der Waals surface area contributed by atoms with Crippen molar-refractivity contribution in [1.82, 2.24) is 15.5 Å². The molecular formula is C16H25N3O3. The minimum absolute atomic E-state index is 0.163. The fraction of sp³-hybridized carbons (Fsp3) is 0.812. The third-order valence-electron chi connectivity index (χ3n) is 5.22. The van der Waals surface area contributed by atoms with Gasteiger partial charge in [0, 0.05) is 6.04 Å². The van der Waals surface area contributed by atoms with Gasteiger partial charge in [-0.2, -0.15) is 0 Å². The molecule has 6 heteroatoms. The standard InChI is InChI=1S/C16H25N3O3/c1-16(11-8-9-11)14(21)19(15(22)18-16)10-13(20)17-12-6-4-2-3-5-7-12/h11-12H,2-10H2,1H3,(H,17,20)(H,18,22)/t16-/m1/s1. The van der Waals surface area contributed by atoms with Crippen molar-refractivity contribution in [3.8, 4) is 0 Å². The molecule has 2 saturated carbocycles. The van der Waals surface area contributed by atoms with E-state index in [1.807, 2.05) is 0 Å². The molecule has 1 atom stereocenters. The van der Waals surface area contributed by atoms with E-state index in [0.717, 1.165) is 43.4 Å². The first kappa shape index (κ1) is 15.3. The van der Waals surface area contributed by atoms with Gasteiger partial charge in [0.05, 0.1) is 0 Å². The van der Waals surface area contributed by atoms with Crippen molar-refractivity contribution in [2.75, 3.05) is 6.54 Å². The maximum absolute atomic E-state index is 12.5. The van der Waals surface area contributed by atoms with Gasteiger partial charge in [0.15, 0.2) is 0 Å². The lowest BCUT2D eigenvalue weighted by molar-refractivity contribution is -0.135. The van der Waals surface area contributed by atoms with Gasteiger partial charge in [-0.25, -0.2) is 4.79 Å². The maximum atomic E-state index is 12.5. The molecule has 0 spiro atoms. The molecule has 4 amide bonds. The molecular weight excluding hydrogens is 282 g/mol. The Morgan fingerprint density at radius 1 is 1.18 bits per heavy atom. The molecule has 1 heterocycles. The van der Waals surface area contributed by atoms with Crippen LogP contribution in [0.15, 0.2) is 0 Å². The van der Waals surface area contributed by atoms with Gasteiger partial charge in [0.2, 0.25) is 5.91 Å². The fourth-order valence-electron chi connectivity index (χ4n) is 3.64. The summed E-state index contributed by atoms with van der Waals surface area (Å²) < 4.78 is 0. The molecule has 22 heavy (non-hydrogen) atoms. The highest BCUT2D eigenvalue weighted by Gasteiger charge is 2.56. The molecule has 3 aliphatic rings. The van der Waals surface area contributed by atoms with E-state index in [1.54, 1.807) is 6.92 Å². The van der Waals surface area contributed by atoms with Crippen LogP contribution in [0.3, 0.4) is 0 Å². The lowest BCUT2D eigenvalue weighted by Gasteiger charge is -2.21. The molecule has 0 aromatic carbocycles. The third-order valence-corrected chi connectivity index (χ3v) is 5.22. The minimum atomic E-state index is -0.806. The van der Waals surface area contributed by atoms with Crippen LogP contribution in [0.1, 0.15) is 58.3 Å². The van der Waals surface area contributed by atoms with Crippen LogP contribution in [0.25, 0.3) is 0 Å². The van der Waals surface area contributed by atoms with Gasteiger partial charge in [-0.1, -0.05) is 25.7 Å². The largest absolute Gasteiger partial charge is 0.352 e. The van der Waals surface area contributed by atoms with Gasteiger partial charge in [-0.15, -0.1) is 0 Å². The molecule has 0 aromatic rings. The molecule has 0 bridgehead atoms. The molecule has 3 fully saturated rings. The van der Waals surface area contributed by atoms with Crippen LogP contribution in [0.2, 0.25) is 0 Å². The van der Waals surface area contributed by atoms with Crippen molar-refractivity contribution in [2.24, 2.45) is 5.92 Å². The van der Waals surface area contributed by atoms with Crippen LogP contribution in [0.4, 0.5) is 4.79 Å². The number of nitrogens with zero attached hydrogens (tertiary/aromatic N) is 1. The Hall–Kier alpha value is -1.59. The van der Waals surface area contributed by atoms with Crippen LogP contribution in [-0.4, -0.2) is 40.9 Å². The van der Waals surface area contributed by atoms with Crippen molar-refractivity contribution < 1.29 is 14.4 Å². The van der Waals surface area contributed by atoms with Crippen LogP contribution in [0.5, 0.6) is 0 Å². The summed E-state index contributed by atoms with van der Waals surface area (Å²) in [7, 11) is 0. The first-order valence-electron chi connectivity index (χ1n) is 8.44. The molecule has 2 aliphatic carbocycles. The van der Waals surface area contributed by atoms with E-state index in [1.165, 1.54) is 12.8 Å². The lowest BCUT2D eigenvalue weighted by atomic mass is 9.96. The predicted octanol–water partition coefficient (Wildman–Crippen LogP) is 1.55. The number of urea groups is 1. The maximum Gasteiger partial charge on any atom is 0.325 e. The third kappa shape index (κ3) is 2.96. The number of carbonyl (C=O) groups is 3. The van der Waals surface area contributed by atoms with Crippen molar-refractivity contribution in [3.63, 3.8) is 0 Å². The molecule has 2 N–H and O–H groups in total. The zero-order chi connectivity index (χ0) is 15.7.